The van der Waals surface area contributed by atoms with Gasteiger partial charge < -0.3 is 14.4 Å². The first kappa shape index (κ1) is 24.0. The number of hydrogen-bond acceptors (Lipinski definition) is 4. The van der Waals surface area contributed by atoms with Crippen LogP contribution in [0.2, 0.25) is 10.0 Å². The fourth-order valence-corrected chi connectivity index (χ4v) is 4.55. The fraction of sp³-hybridized carbons (Fsp3) is 0.120. The number of aromatic nitrogens is 1. The Kier molecular flexibility index (Phi) is 6.05. The minimum Gasteiger partial charge on any atom is -0.508 e. The summed E-state index contributed by atoms with van der Waals surface area (Å²) in [5.74, 6) is -1.21. The Hall–Kier alpha value is -3.69. The number of phenols is 1. The molecule has 36 heavy (non-hydrogen) atoms. The highest BCUT2D eigenvalue weighted by molar-refractivity contribution is 6.35. The minimum atomic E-state index is -4.93. The van der Waals surface area contributed by atoms with Gasteiger partial charge in [0.2, 0.25) is 5.90 Å². The van der Waals surface area contributed by atoms with Gasteiger partial charge in [-0.25, -0.2) is 0 Å². The van der Waals surface area contributed by atoms with E-state index < -0.39 is 23.3 Å². The van der Waals surface area contributed by atoms with Gasteiger partial charge in [-0.05, 0) is 48.0 Å². The van der Waals surface area contributed by atoms with Gasteiger partial charge in [-0.1, -0.05) is 47.5 Å². The molecule has 2 heterocycles. The van der Waals surface area contributed by atoms with Crippen LogP contribution >= 0.6 is 23.2 Å². The Morgan fingerprint density at radius 3 is 2.50 bits per heavy atom. The average Bonchev–Trinajstić information content (AvgIpc) is 3.44. The van der Waals surface area contributed by atoms with Crippen molar-refractivity contribution in [3.05, 3.63) is 99.2 Å². The zero-order chi connectivity index (χ0) is 25.6. The van der Waals surface area contributed by atoms with Crippen molar-refractivity contribution in [2.75, 3.05) is 6.73 Å². The summed E-state index contributed by atoms with van der Waals surface area (Å²) < 4.78 is 50.0. The lowest BCUT2D eigenvalue weighted by molar-refractivity contribution is -0.143. The van der Waals surface area contributed by atoms with Crippen molar-refractivity contribution in [3.63, 3.8) is 0 Å². The lowest BCUT2D eigenvalue weighted by Crippen LogP contribution is -2.27. The third-order valence-electron chi connectivity index (χ3n) is 5.66. The molecule has 4 aromatic rings. The standard InChI is InChI=1S/C25H16Cl2F3N3O3/c26-16-7-6-15(19(27)10-16)12-32-20-9-8-17(34)11-18(20)21(22(32)25(28,29)30)24(35)33-13-36-23(31-33)14-4-2-1-3-5-14/h1-11,34H,12-13H2. The molecule has 0 radical (unpaired) electrons. The quantitative estimate of drug-likeness (QED) is 0.325. The number of carbonyl (C=O) groups excluding carboxylic acids is 1. The first-order valence-electron chi connectivity index (χ1n) is 10.6. The van der Waals surface area contributed by atoms with E-state index in [0.29, 0.717) is 16.1 Å². The number of halogens is 5. The SMILES string of the molecule is O=C(c1c(C(F)(F)F)n(Cc2ccc(Cl)cc2Cl)c2ccc(O)cc12)N1COC(c2ccccc2)=N1. The maximum atomic E-state index is 14.5. The second kappa shape index (κ2) is 9.07. The fourth-order valence-electron chi connectivity index (χ4n) is 4.08. The van der Waals surface area contributed by atoms with Crippen molar-refractivity contribution in [3.8, 4) is 5.75 Å². The van der Waals surface area contributed by atoms with Gasteiger partial charge in [-0.15, -0.1) is 5.10 Å². The normalized spacial score (nSPS) is 13.7. The Morgan fingerprint density at radius 2 is 1.81 bits per heavy atom. The molecular formula is C25H16Cl2F3N3O3. The molecule has 1 N–H and O–H groups in total. The zero-order valence-electron chi connectivity index (χ0n) is 18.3. The van der Waals surface area contributed by atoms with Crippen LogP contribution in [0.4, 0.5) is 13.2 Å². The Bertz CT molecular complexity index is 1520. The van der Waals surface area contributed by atoms with E-state index in [1.807, 2.05) is 0 Å². The first-order chi connectivity index (χ1) is 17.1. The monoisotopic (exact) mass is 533 g/mol. The molecule has 0 fully saturated rings. The number of hydrogen-bond donors (Lipinski definition) is 1. The van der Waals surface area contributed by atoms with E-state index in [-0.39, 0.29) is 40.8 Å². The van der Waals surface area contributed by atoms with E-state index in [0.717, 1.165) is 15.6 Å². The topological polar surface area (TPSA) is 67.1 Å². The molecule has 0 spiro atoms. The molecule has 0 atom stereocenters. The van der Waals surface area contributed by atoms with Crippen molar-refractivity contribution in [1.82, 2.24) is 9.58 Å². The molecular weight excluding hydrogens is 518 g/mol. The molecule has 0 aliphatic carbocycles. The van der Waals surface area contributed by atoms with Gasteiger partial charge in [-0.2, -0.15) is 18.2 Å². The lowest BCUT2D eigenvalue weighted by Gasteiger charge is -2.17. The number of amides is 1. The highest BCUT2D eigenvalue weighted by Crippen LogP contribution is 2.41. The number of hydrazone groups is 1. The predicted octanol–water partition coefficient (Wildman–Crippen LogP) is 6.51. The van der Waals surface area contributed by atoms with Crippen molar-refractivity contribution in [1.29, 1.82) is 0 Å². The summed E-state index contributed by atoms with van der Waals surface area (Å²) >= 11 is 12.2. The largest absolute Gasteiger partial charge is 0.508 e. The molecule has 3 aromatic carbocycles. The third-order valence-corrected chi connectivity index (χ3v) is 6.25. The summed E-state index contributed by atoms with van der Waals surface area (Å²) in [5, 5.41) is 15.4. The van der Waals surface area contributed by atoms with Crippen molar-refractivity contribution < 1.29 is 27.8 Å². The second-order valence-electron chi connectivity index (χ2n) is 7.99. The van der Waals surface area contributed by atoms with Gasteiger partial charge in [0.25, 0.3) is 5.91 Å². The lowest BCUT2D eigenvalue weighted by atomic mass is 10.1. The van der Waals surface area contributed by atoms with Crippen LogP contribution in [0.25, 0.3) is 10.9 Å². The van der Waals surface area contributed by atoms with Gasteiger partial charge in [0.05, 0.1) is 5.56 Å². The van der Waals surface area contributed by atoms with Crippen molar-refractivity contribution in [2.45, 2.75) is 12.7 Å². The van der Waals surface area contributed by atoms with Crippen molar-refractivity contribution >= 4 is 45.9 Å². The number of benzene rings is 3. The number of rotatable bonds is 4. The molecule has 6 nitrogen and oxygen atoms in total. The highest BCUT2D eigenvalue weighted by Gasteiger charge is 2.43. The maximum Gasteiger partial charge on any atom is 0.432 e. The molecule has 0 saturated heterocycles. The molecule has 1 aromatic heterocycles. The van der Waals surface area contributed by atoms with Crippen LogP contribution < -0.4 is 0 Å². The van der Waals surface area contributed by atoms with E-state index in [9.17, 15) is 23.1 Å². The van der Waals surface area contributed by atoms with Gasteiger partial charge in [0.15, 0.2) is 6.73 Å². The van der Waals surface area contributed by atoms with Gasteiger partial charge in [0, 0.05) is 33.1 Å². The van der Waals surface area contributed by atoms with Crippen LogP contribution in [0.1, 0.15) is 27.2 Å². The minimum absolute atomic E-state index is 0.0826. The van der Waals surface area contributed by atoms with Crippen LogP contribution in [0.5, 0.6) is 5.75 Å². The van der Waals surface area contributed by atoms with Crippen LogP contribution in [-0.2, 0) is 17.5 Å². The summed E-state index contributed by atoms with van der Waals surface area (Å²) in [6.45, 7) is -0.663. The predicted molar refractivity (Wildman–Crippen MR) is 129 cm³/mol. The number of alkyl halides is 3. The van der Waals surface area contributed by atoms with Crippen LogP contribution in [-0.4, -0.2) is 33.2 Å². The summed E-state index contributed by atoms with van der Waals surface area (Å²) in [4.78, 5) is 13.5. The van der Waals surface area contributed by atoms with E-state index in [4.69, 9.17) is 27.9 Å². The first-order valence-corrected chi connectivity index (χ1v) is 11.3. The zero-order valence-corrected chi connectivity index (χ0v) is 19.8. The van der Waals surface area contributed by atoms with E-state index in [1.54, 1.807) is 30.3 Å². The van der Waals surface area contributed by atoms with Crippen LogP contribution in [0, 0.1) is 0 Å². The number of phenolic OH excluding ortho intramolecular Hbond substituents is 1. The Balaban J connectivity index is 1.67. The third kappa shape index (κ3) is 4.36. The number of ether oxygens (including phenoxy) is 1. The summed E-state index contributed by atoms with van der Waals surface area (Å²) in [6.07, 6.45) is -4.93. The Labute approximate surface area is 212 Å². The maximum absolute atomic E-state index is 14.5. The summed E-state index contributed by atoms with van der Waals surface area (Å²) in [5.41, 5.74) is -0.824. The summed E-state index contributed by atoms with van der Waals surface area (Å²) in [7, 11) is 0. The number of carbonyl (C=O) groups is 1. The average molecular weight is 534 g/mol. The molecule has 11 heteroatoms. The van der Waals surface area contributed by atoms with Gasteiger partial charge in [0.1, 0.15) is 11.4 Å². The van der Waals surface area contributed by atoms with Crippen molar-refractivity contribution in [2.24, 2.45) is 5.10 Å². The molecule has 1 aliphatic rings. The number of aromatic hydroxyl groups is 1. The number of nitrogens with zero attached hydrogens (tertiary/aromatic N) is 3. The Morgan fingerprint density at radius 1 is 1.06 bits per heavy atom. The molecule has 1 amide bonds. The van der Waals surface area contributed by atoms with E-state index in [1.165, 1.54) is 30.3 Å². The molecule has 0 bridgehead atoms. The van der Waals surface area contributed by atoms with Gasteiger partial charge in [-0.3, -0.25) is 4.79 Å². The van der Waals surface area contributed by atoms with E-state index >= 15 is 0 Å². The molecule has 0 unspecified atom stereocenters. The second-order valence-corrected chi connectivity index (χ2v) is 8.84. The molecule has 1 aliphatic heterocycles. The van der Waals surface area contributed by atoms with Gasteiger partial charge >= 0.3 is 6.18 Å². The smallest absolute Gasteiger partial charge is 0.432 e. The van der Waals surface area contributed by atoms with Crippen LogP contribution in [0.15, 0.2) is 71.8 Å². The van der Waals surface area contributed by atoms with Crippen LogP contribution in [0.3, 0.4) is 0 Å². The number of fused-ring (bicyclic) bond motifs is 1. The van der Waals surface area contributed by atoms with E-state index in [2.05, 4.69) is 5.10 Å². The molecule has 184 valence electrons. The highest BCUT2D eigenvalue weighted by atomic mass is 35.5. The summed E-state index contributed by atoms with van der Waals surface area (Å²) in [6, 6.07) is 16.8. The molecule has 0 saturated carbocycles. The molecule has 5 rings (SSSR count).